The first-order valence-electron chi connectivity index (χ1n) is 6.62. The second-order valence-corrected chi connectivity index (χ2v) is 4.67. The number of methoxy groups -OCH3 is 1. The number of rotatable bonds is 8. The molecule has 0 amide bonds. The van der Waals surface area contributed by atoms with Gasteiger partial charge in [-0.2, -0.15) is 0 Å². The van der Waals surface area contributed by atoms with Crippen LogP contribution < -0.4 is 0 Å². The smallest absolute Gasteiger partial charge is 0.305 e. The lowest BCUT2D eigenvalue weighted by molar-refractivity contribution is -0.141. The van der Waals surface area contributed by atoms with E-state index in [1.807, 2.05) is 0 Å². The van der Waals surface area contributed by atoms with E-state index in [4.69, 9.17) is 4.74 Å². The van der Waals surface area contributed by atoms with E-state index in [9.17, 15) is 4.79 Å². The fourth-order valence-corrected chi connectivity index (χ4v) is 2.22. The lowest BCUT2D eigenvalue weighted by Crippen LogP contribution is -2.28. The third-order valence-corrected chi connectivity index (χ3v) is 3.32. The molecule has 4 heteroatoms. The summed E-state index contributed by atoms with van der Waals surface area (Å²) < 4.78 is 10.0. The minimum absolute atomic E-state index is 0.153. The van der Waals surface area contributed by atoms with E-state index in [1.54, 1.807) is 0 Å². The zero-order valence-corrected chi connectivity index (χ0v) is 11.1. The average molecular weight is 243 g/mol. The number of likely N-dealkylation sites (tertiary alicyclic amines) is 1. The van der Waals surface area contributed by atoms with Crippen molar-refractivity contribution in [3.05, 3.63) is 0 Å². The van der Waals surface area contributed by atoms with Crippen LogP contribution in [0, 0.1) is 0 Å². The van der Waals surface area contributed by atoms with Crippen molar-refractivity contribution in [2.24, 2.45) is 0 Å². The summed E-state index contributed by atoms with van der Waals surface area (Å²) in [6.07, 6.45) is 4.97. The van der Waals surface area contributed by atoms with Gasteiger partial charge in [-0.05, 0) is 39.2 Å². The van der Waals surface area contributed by atoms with Crippen molar-refractivity contribution in [3.63, 3.8) is 0 Å². The predicted octanol–water partition coefficient (Wildman–Crippen LogP) is 1.83. The molecule has 0 saturated carbocycles. The highest BCUT2D eigenvalue weighted by Gasteiger charge is 2.18. The Morgan fingerprint density at radius 2 is 2.12 bits per heavy atom. The lowest BCUT2D eigenvalue weighted by atomic mass is 10.2. The van der Waals surface area contributed by atoms with Crippen molar-refractivity contribution in [3.8, 4) is 0 Å². The van der Waals surface area contributed by atoms with Gasteiger partial charge in [-0.25, -0.2) is 0 Å². The Morgan fingerprint density at radius 1 is 1.35 bits per heavy atom. The maximum atomic E-state index is 10.8. The van der Waals surface area contributed by atoms with E-state index >= 15 is 0 Å². The summed E-state index contributed by atoms with van der Waals surface area (Å²) in [7, 11) is 1.42. The molecule has 1 fully saturated rings. The molecule has 0 radical (unpaired) electrons. The molecule has 4 nitrogen and oxygen atoms in total. The van der Waals surface area contributed by atoms with Crippen LogP contribution in [-0.2, 0) is 14.3 Å². The van der Waals surface area contributed by atoms with Crippen molar-refractivity contribution in [2.45, 2.75) is 45.1 Å². The second-order valence-electron chi connectivity index (χ2n) is 4.67. The van der Waals surface area contributed by atoms with Gasteiger partial charge < -0.3 is 14.4 Å². The predicted molar refractivity (Wildman–Crippen MR) is 67.0 cm³/mol. The van der Waals surface area contributed by atoms with Gasteiger partial charge in [0.2, 0.25) is 0 Å². The van der Waals surface area contributed by atoms with Crippen LogP contribution in [0.15, 0.2) is 0 Å². The van der Waals surface area contributed by atoms with Crippen LogP contribution in [0.3, 0.4) is 0 Å². The number of carbonyl (C=O) groups excluding carboxylic acids is 1. The third-order valence-electron chi connectivity index (χ3n) is 3.32. The molecule has 0 aliphatic carbocycles. The lowest BCUT2D eigenvalue weighted by Gasteiger charge is -2.20. The third kappa shape index (κ3) is 6.03. The van der Waals surface area contributed by atoms with E-state index in [2.05, 4.69) is 16.6 Å². The van der Waals surface area contributed by atoms with Crippen LogP contribution in [0.2, 0.25) is 0 Å². The number of nitrogens with zero attached hydrogens (tertiary/aromatic N) is 1. The van der Waals surface area contributed by atoms with Crippen molar-refractivity contribution >= 4 is 5.97 Å². The Morgan fingerprint density at radius 3 is 2.76 bits per heavy atom. The fraction of sp³-hybridized carbons (Fsp3) is 0.923. The topological polar surface area (TPSA) is 38.8 Å². The van der Waals surface area contributed by atoms with Gasteiger partial charge >= 0.3 is 5.97 Å². The number of hydrogen-bond donors (Lipinski definition) is 0. The largest absolute Gasteiger partial charge is 0.469 e. The maximum absolute atomic E-state index is 10.8. The summed E-state index contributed by atoms with van der Waals surface area (Å²) in [6.45, 7) is 6.13. The molecule has 17 heavy (non-hydrogen) atoms. The summed E-state index contributed by atoms with van der Waals surface area (Å²) in [5.41, 5.74) is 0. The van der Waals surface area contributed by atoms with E-state index in [0.29, 0.717) is 13.0 Å². The molecular weight excluding hydrogens is 218 g/mol. The normalized spacial score (nSPS) is 20.7. The molecule has 1 aliphatic rings. The van der Waals surface area contributed by atoms with Crippen molar-refractivity contribution < 1.29 is 14.3 Å². The Kier molecular flexibility index (Phi) is 7.21. The summed E-state index contributed by atoms with van der Waals surface area (Å²) in [6, 6.07) is 0.745. The monoisotopic (exact) mass is 243 g/mol. The van der Waals surface area contributed by atoms with Crippen LogP contribution in [0.25, 0.3) is 0 Å². The highest BCUT2D eigenvalue weighted by molar-refractivity contribution is 5.68. The molecular formula is C13H25NO3. The van der Waals surface area contributed by atoms with Gasteiger partial charge in [0.25, 0.3) is 0 Å². The Labute approximate surface area is 104 Å². The average Bonchev–Trinajstić information content (AvgIpc) is 2.73. The highest BCUT2D eigenvalue weighted by Crippen LogP contribution is 2.16. The van der Waals surface area contributed by atoms with Gasteiger partial charge in [0.05, 0.1) is 7.11 Å². The molecule has 100 valence electrons. The van der Waals surface area contributed by atoms with E-state index in [0.717, 1.165) is 32.0 Å². The molecule has 0 aromatic rings. The van der Waals surface area contributed by atoms with Gasteiger partial charge in [-0.1, -0.05) is 0 Å². The van der Waals surface area contributed by atoms with Crippen molar-refractivity contribution in [1.82, 2.24) is 4.90 Å². The molecule has 0 aromatic heterocycles. The van der Waals surface area contributed by atoms with Gasteiger partial charge in [0, 0.05) is 32.2 Å². The fourth-order valence-electron chi connectivity index (χ4n) is 2.22. The van der Waals surface area contributed by atoms with E-state index in [1.165, 1.54) is 26.5 Å². The van der Waals surface area contributed by atoms with Crippen molar-refractivity contribution in [1.29, 1.82) is 0 Å². The molecule has 0 aromatic carbocycles. The molecule has 1 atom stereocenters. The van der Waals surface area contributed by atoms with Crippen LogP contribution in [-0.4, -0.2) is 50.3 Å². The molecule has 0 bridgehead atoms. The molecule has 0 spiro atoms. The zero-order chi connectivity index (χ0) is 12.5. The number of ether oxygens (including phenoxy) is 2. The maximum Gasteiger partial charge on any atom is 0.305 e. The van der Waals surface area contributed by atoms with Gasteiger partial charge in [0.15, 0.2) is 0 Å². The Hall–Kier alpha value is -0.610. The number of carbonyl (C=O) groups is 1. The first-order chi connectivity index (χ1) is 8.24. The molecule has 1 heterocycles. The van der Waals surface area contributed by atoms with Gasteiger partial charge in [0.1, 0.15) is 0 Å². The summed E-state index contributed by atoms with van der Waals surface area (Å²) in [5, 5.41) is 0. The number of hydrogen-bond acceptors (Lipinski definition) is 4. The highest BCUT2D eigenvalue weighted by atomic mass is 16.5. The number of esters is 1. The molecule has 1 aliphatic heterocycles. The molecule has 1 saturated heterocycles. The van der Waals surface area contributed by atoms with Crippen LogP contribution in [0.1, 0.15) is 39.0 Å². The SMILES string of the molecule is COC(=O)CCCOCCCN1CCC[C@H]1C. The zero-order valence-electron chi connectivity index (χ0n) is 11.1. The van der Waals surface area contributed by atoms with E-state index < -0.39 is 0 Å². The van der Waals surface area contributed by atoms with E-state index in [-0.39, 0.29) is 5.97 Å². The van der Waals surface area contributed by atoms with Crippen LogP contribution in [0.5, 0.6) is 0 Å². The standard InChI is InChI=1S/C13H25NO3/c1-12-6-3-8-14(12)9-5-11-17-10-4-7-13(15)16-2/h12H,3-11H2,1-2H3/t12-/m1/s1. The summed E-state index contributed by atoms with van der Waals surface area (Å²) in [5.74, 6) is -0.153. The summed E-state index contributed by atoms with van der Waals surface area (Å²) in [4.78, 5) is 13.4. The molecule has 0 unspecified atom stereocenters. The van der Waals surface area contributed by atoms with Gasteiger partial charge in [-0.15, -0.1) is 0 Å². The Bertz CT molecular complexity index is 221. The van der Waals surface area contributed by atoms with Crippen LogP contribution >= 0.6 is 0 Å². The second kappa shape index (κ2) is 8.48. The quantitative estimate of drug-likeness (QED) is 0.481. The summed E-state index contributed by atoms with van der Waals surface area (Å²) >= 11 is 0. The molecule has 1 rings (SSSR count). The first kappa shape index (κ1) is 14.5. The first-order valence-corrected chi connectivity index (χ1v) is 6.62. The Balaban J connectivity index is 1.86. The van der Waals surface area contributed by atoms with Crippen molar-refractivity contribution in [2.75, 3.05) is 33.4 Å². The minimum atomic E-state index is -0.153. The van der Waals surface area contributed by atoms with Gasteiger partial charge in [-0.3, -0.25) is 4.79 Å². The minimum Gasteiger partial charge on any atom is -0.469 e. The molecule has 0 N–H and O–H groups in total. The van der Waals surface area contributed by atoms with Crippen LogP contribution in [0.4, 0.5) is 0 Å².